The van der Waals surface area contributed by atoms with E-state index in [2.05, 4.69) is 0 Å². The second kappa shape index (κ2) is 3.05. The molecule has 0 N–H and O–H groups in total. The Morgan fingerprint density at radius 1 is 1.08 bits per heavy atom. The van der Waals surface area contributed by atoms with Crippen LogP contribution in [0, 0.1) is 5.92 Å². The van der Waals surface area contributed by atoms with Crippen molar-refractivity contribution in [3.05, 3.63) is 23.3 Å². The lowest BCUT2D eigenvalue weighted by Crippen LogP contribution is -2.22. The quantitative estimate of drug-likeness (QED) is 0.436. The molecular weight excluding hydrogens is 152 g/mol. The van der Waals surface area contributed by atoms with E-state index in [9.17, 15) is 9.59 Å². The van der Waals surface area contributed by atoms with Crippen LogP contribution in [0.3, 0.4) is 0 Å². The Morgan fingerprint density at radius 3 is 2.17 bits per heavy atom. The summed E-state index contributed by atoms with van der Waals surface area (Å²) in [4.78, 5) is 22.5. The average Bonchev–Trinajstić information content (AvgIpc) is 2.00. The van der Waals surface area contributed by atoms with Crippen LogP contribution in [0.15, 0.2) is 23.3 Å². The number of carbonyl (C=O) groups is 2. The van der Waals surface area contributed by atoms with E-state index in [0.29, 0.717) is 11.1 Å². The minimum absolute atomic E-state index is 0.130. The minimum atomic E-state index is -0.360. The minimum Gasteiger partial charge on any atom is -0.285 e. The molecule has 2 nitrogen and oxygen atoms in total. The van der Waals surface area contributed by atoms with E-state index in [4.69, 9.17) is 0 Å². The Bertz CT molecular complexity index is 293. The van der Waals surface area contributed by atoms with Crippen molar-refractivity contribution in [3.63, 3.8) is 0 Å². The van der Waals surface area contributed by atoms with Gasteiger partial charge in [-0.1, -0.05) is 26.0 Å². The van der Waals surface area contributed by atoms with Gasteiger partial charge in [0, 0.05) is 11.1 Å². The van der Waals surface area contributed by atoms with Gasteiger partial charge in [-0.05, 0) is 12.8 Å². The van der Waals surface area contributed by atoms with E-state index in [-0.39, 0.29) is 17.5 Å². The molecule has 0 aromatic carbocycles. The molecule has 0 saturated heterocycles. The lowest BCUT2D eigenvalue weighted by molar-refractivity contribution is -0.132. The smallest absolute Gasteiger partial charge is 0.229 e. The van der Waals surface area contributed by atoms with Crippen molar-refractivity contribution in [1.29, 1.82) is 0 Å². The van der Waals surface area contributed by atoms with Crippen molar-refractivity contribution in [2.24, 2.45) is 5.92 Å². The van der Waals surface area contributed by atoms with Crippen LogP contribution in [0.4, 0.5) is 0 Å². The van der Waals surface area contributed by atoms with Gasteiger partial charge in [-0.2, -0.15) is 0 Å². The van der Waals surface area contributed by atoms with Crippen LogP contribution in [0.25, 0.3) is 0 Å². The van der Waals surface area contributed by atoms with Crippen LogP contribution in [0.1, 0.15) is 20.8 Å². The number of hydrogen-bond acceptors (Lipinski definition) is 2. The molecule has 0 aromatic rings. The summed E-state index contributed by atoms with van der Waals surface area (Å²) in [6.45, 7) is 5.48. The van der Waals surface area contributed by atoms with Crippen molar-refractivity contribution >= 4 is 11.6 Å². The first-order chi connectivity index (χ1) is 5.54. The molecule has 0 radical (unpaired) electrons. The van der Waals surface area contributed by atoms with Crippen LogP contribution in [0.2, 0.25) is 0 Å². The Hall–Kier alpha value is -1.18. The molecule has 64 valence electrons. The Balaban J connectivity index is 3.06. The third kappa shape index (κ3) is 1.37. The third-order valence-electron chi connectivity index (χ3n) is 1.96. The predicted octanol–water partition coefficient (Wildman–Crippen LogP) is 1.67. The normalized spacial score (nSPS) is 18.0. The first-order valence-corrected chi connectivity index (χ1v) is 4.01. The van der Waals surface area contributed by atoms with E-state index in [1.165, 1.54) is 0 Å². The molecule has 0 saturated carbocycles. The monoisotopic (exact) mass is 164 g/mol. The summed E-state index contributed by atoms with van der Waals surface area (Å²) in [6, 6.07) is 0. The maximum Gasteiger partial charge on any atom is 0.229 e. The van der Waals surface area contributed by atoms with Gasteiger partial charge < -0.3 is 0 Å². The molecule has 0 spiro atoms. The molecule has 0 unspecified atom stereocenters. The van der Waals surface area contributed by atoms with E-state index >= 15 is 0 Å². The van der Waals surface area contributed by atoms with Crippen molar-refractivity contribution in [2.75, 3.05) is 0 Å². The van der Waals surface area contributed by atoms with Crippen molar-refractivity contribution in [1.82, 2.24) is 0 Å². The van der Waals surface area contributed by atoms with E-state index in [1.807, 2.05) is 13.8 Å². The predicted molar refractivity (Wildman–Crippen MR) is 46.7 cm³/mol. The van der Waals surface area contributed by atoms with Gasteiger partial charge in [-0.15, -0.1) is 0 Å². The molecule has 0 atom stereocenters. The van der Waals surface area contributed by atoms with Crippen LogP contribution in [-0.4, -0.2) is 11.6 Å². The standard InChI is InChI=1S/C10H12O2/c1-6(2)8-5-4-7(3)9(11)10(8)12/h4-6H,1-3H3. The zero-order valence-electron chi connectivity index (χ0n) is 7.55. The molecule has 0 amide bonds. The molecule has 0 fully saturated rings. The fraction of sp³-hybridized carbons (Fsp3) is 0.400. The number of Topliss-reactive ketones (excluding diaryl/α,β-unsaturated/α-hetero) is 2. The van der Waals surface area contributed by atoms with Gasteiger partial charge in [-0.3, -0.25) is 9.59 Å². The highest BCUT2D eigenvalue weighted by molar-refractivity contribution is 6.49. The summed E-state index contributed by atoms with van der Waals surface area (Å²) >= 11 is 0. The van der Waals surface area contributed by atoms with E-state index in [0.717, 1.165) is 0 Å². The van der Waals surface area contributed by atoms with Gasteiger partial charge >= 0.3 is 0 Å². The average molecular weight is 164 g/mol. The molecule has 1 aliphatic carbocycles. The Morgan fingerprint density at radius 2 is 1.67 bits per heavy atom. The third-order valence-corrected chi connectivity index (χ3v) is 1.96. The zero-order chi connectivity index (χ0) is 9.30. The molecule has 0 aliphatic heterocycles. The second-order valence-corrected chi connectivity index (χ2v) is 3.28. The van der Waals surface area contributed by atoms with E-state index in [1.54, 1.807) is 19.1 Å². The van der Waals surface area contributed by atoms with Crippen molar-refractivity contribution in [2.45, 2.75) is 20.8 Å². The van der Waals surface area contributed by atoms with Crippen LogP contribution < -0.4 is 0 Å². The highest BCUT2D eigenvalue weighted by atomic mass is 16.2. The van der Waals surface area contributed by atoms with Gasteiger partial charge in [0.15, 0.2) is 0 Å². The van der Waals surface area contributed by atoms with Crippen LogP contribution >= 0.6 is 0 Å². The largest absolute Gasteiger partial charge is 0.285 e. The second-order valence-electron chi connectivity index (χ2n) is 3.28. The number of carbonyl (C=O) groups excluding carboxylic acids is 2. The van der Waals surface area contributed by atoms with Crippen LogP contribution in [0.5, 0.6) is 0 Å². The summed E-state index contributed by atoms with van der Waals surface area (Å²) in [5, 5.41) is 0. The summed E-state index contributed by atoms with van der Waals surface area (Å²) in [7, 11) is 0. The molecule has 0 heterocycles. The molecular formula is C10H12O2. The zero-order valence-corrected chi connectivity index (χ0v) is 7.55. The Labute approximate surface area is 72.0 Å². The van der Waals surface area contributed by atoms with Gasteiger partial charge in [0.1, 0.15) is 0 Å². The fourth-order valence-electron chi connectivity index (χ4n) is 1.13. The first kappa shape index (κ1) is 8.91. The highest BCUT2D eigenvalue weighted by Crippen LogP contribution is 2.17. The summed E-state index contributed by atoms with van der Waals surface area (Å²) in [5.41, 5.74) is 1.15. The fourth-order valence-corrected chi connectivity index (χ4v) is 1.13. The molecule has 1 aliphatic rings. The lowest BCUT2D eigenvalue weighted by Gasteiger charge is -2.12. The number of rotatable bonds is 1. The van der Waals surface area contributed by atoms with E-state index < -0.39 is 0 Å². The Kier molecular flexibility index (Phi) is 2.27. The molecule has 0 bridgehead atoms. The number of hydrogen-bond donors (Lipinski definition) is 0. The van der Waals surface area contributed by atoms with Gasteiger partial charge in [0.2, 0.25) is 11.6 Å². The number of allylic oxidation sites excluding steroid dienone is 4. The van der Waals surface area contributed by atoms with Gasteiger partial charge in [0.05, 0.1) is 0 Å². The summed E-state index contributed by atoms with van der Waals surface area (Å²) in [6.07, 6.45) is 3.45. The van der Waals surface area contributed by atoms with Crippen molar-refractivity contribution < 1.29 is 9.59 Å². The highest BCUT2D eigenvalue weighted by Gasteiger charge is 2.24. The topological polar surface area (TPSA) is 34.1 Å². The van der Waals surface area contributed by atoms with Crippen LogP contribution in [-0.2, 0) is 9.59 Å². The maximum absolute atomic E-state index is 11.3. The van der Waals surface area contributed by atoms with Gasteiger partial charge in [-0.25, -0.2) is 0 Å². The molecule has 1 rings (SSSR count). The van der Waals surface area contributed by atoms with Crippen molar-refractivity contribution in [3.8, 4) is 0 Å². The van der Waals surface area contributed by atoms with Gasteiger partial charge in [0.25, 0.3) is 0 Å². The lowest BCUT2D eigenvalue weighted by atomic mass is 9.90. The first-order valence-electron chi connectivity index (χ1n) is 4.01. The molecule has 2 heteroatoms. The molecule has 0 aromatic heterocycles. The maximum atomic E-state index is 11.3. The SMILES string of the molecule is CC1=CC=C(C(C)C)C(=O)C1=O. The summed E-state index contributed by atoms with van der Waals surface area (Å²) in [5.74, 6) is -0.572. The summed E-state index contributed by atoms with van der Waals surface area (Å²) < 4.78 is 0. The number of ketones is 2. The molecule has 12 heavy (non-hydrogen) atoms.